The minimum absolute atomic E-state index is 0.0964. The van der Waals surface area contributed by atoms with Gasteiger partial charge in [-0.25, -0.2) is 36.8 Å². The molecule has 12 heteroatoms. The SMILES string of the molecule is Cc1ccc(-c2cccc(F)c2)cc1-c1nn(-c2nc(C(=O)O)cs2)c(CC2CC2)c1Cc1ccc(S(N)(=O)=O)c(F)c1. The van der Waals surface area contributed by atoms with Crippen LogP contribution in [0.15, 0.2) is 70.9 Å². The fourth-order valence-electron chi connectivity index (χ4n) is 5.12. The summed E-state index contributed by atoms with van der Waals surface area (Å²) in [6, 6.07) is 15.9. The lowest BCUT2D eigenvalue weighted by molar-refractivity contribution is 0.0691. The number of nitrogens with two attached hydrogens (primary N) is 1. The van der Waals surface area contributed by atoms with E-state index in [1.54, 1.807) is 10.7 Å². The second-order valence-electron chi connectivity index (χ2n) is 10.7. The van der Waals surface area contributed by atoms with Gasteiger partial charge in [0.2, 0.25) is 15.2 Å². The van der Waals surface area contributed by atoms with Gasteiger partial charge in [-0.2, -0.15) is 5.10 Å². The van der Waals surface area contributed by atoms with Gasteiger partial charge in [-0.1, -0.05) is 30.3 Å². The van der Waals surface area contributed by atoms with Crippen molar-refractivity contribution in [2.75, 3.05) is 0 Å². The van der Waals surface area contributed by atoms with Crippen molar-refractivity contribution in [1.29, 1.82) is 0 Å². The molecule has 0 bridgehead atoms. The van der Waals surface area contributed by atoms with Crippen molar-refractivity contribution in [2.45, 2.75) is 37.5 Å². The zero-order chi connectivity index (χ0) is 30.5. The molecule has 3 N–H and O–H groups in total. The second kappa shape index (κ2) is 11.1. The van der Waals surface area contributed by atoms with E-state index in [0.29, 0.717) is 34.3 Å². The van der Waals surface area contributed by atoms with E-state index >= 15 is 0 Å². The van der Waals surface area contributed by atoms with Crippen LogP contribution >= 0.6 is 11.3 Å². The van der Waals surface area contributed by atoms with Crippen molar-refractivity contribution < 1.29 is 27.1 Å². The lowest BCUT2D eigenvalue weighted by atomic mass is 9.92. The molecule has 1 aliphatic rings. The highest BCUT2D eigenvalue weighted by atomic mass is 32.2. The minimum atomic E-state index is -4.24. The van der Waals surface area contributed by atoms with Crippen LogP contribution in [0.2, 0.25) is 0 Å². The van der Waals surface area contributed by atoms with E-state index in [1.807, 2.05) is 31.2 Å². The molecule has 0 atom stereocenters. The van der Waals surface area contributed by atoms with Crippen LogP contribution in [-0.4, -0.2) is 34.3 Å². The molecule has 1 aliphatic carbocycles. The summed E-state index contributed by atoms with van der Waals surface area (Å²) in [7, 11) is -4.24. The Morgan fingerprint density at radius 1 is 1.09 bits per heavy atom. The molecule has 3 aromatic carbocycles. The average molecular weight is 621 g/mol. The molecule has 220 valence electrons. The predicted octanol–water partition coefficient (Wildman–Crippen LogP) is 6.14. The number of primary sulfonamides is 1. The van der Waals surface area contributed by atoms with E-state index < -0.39 is 26.7 Å². The number of carbonyl (C=O) groups is 1. The summed E-state index contributed by atoms with van der Waals surface area (Å²) in [5.74, 6) is -2.06. The molecule has 0 amide bonds. The number of carboxylic acids is 1. The first-order valence-corrected chi connectivity index (χ1v) is 15.9. The lowest BCUT2D eigenvalue weighted by Crippen LogP contribution is -2.14. The first kappa shape index (κ1) is 28.8. The molecule has 0 radical (unpaired) electrons. The third-order valence-corrected chi connectivity index (χ3v) is 9.26. The minimum Gasteiger partial charge on any atom is -0.476 e. The highest BCUT2D eigenvalue weighted by molar-refractivity contribution is 7.89. The number of thiazole rings is 1. The standard InChI is InChI=1S/C31H26F2N4O4S2/c1-17-5-9-21(20-3-2-4-22(32)14-20)15-23(17)29-24(11-19-8-10-28(25(33)12-19)43(34,40)41)27(13-18-6-7-18)37(36-29)31-35-26(16-42-31)30(38)39/h2-5,8-10,12,14-16,18H,6-7,11,13H2,1H3,(H,38,39)(H2,34,40,41). The third kappa shape index (κ3) is 5.99. The first-order chi connectivity index (χ1) is 20.5. The lowest BCUT2D eigenvalue weighted by Gasteiger charge is -2.12. The van der Waals surface area contributed by atoms with Crippen molar-refractivity contribution in [3.05, 3.63) is 106 Å². The molecule has 0 saturated heterocycles. The van der Waals surface area contributed by atoms with Gasteiger partial charge in [0.25, 0.3) is 0 Å². The zero-order valence-electron chi connectivity index (χ0n) is 22.9. The molecular formula is C31H26F2N4O4S2. The van der Waals surface area contributed by atoms with Crippen LogP contribution in [0.4, 0.5) is 8.78 Å². The molecule has 43 heavy (non-hydrogen) atoms. The van der Waals surface area contributed by atoms with Gasteiger partial charge in [0.05, 0.1) is 11.4 Å². The first-order valence-electron chi connectivity index (χ1n) is 13.5. The van der Waals surface area contributed by atoms with Gasteiger partial charge in [-0.3, -0.25) is 0 Å². The van der Waals surface area contributed by atoms with Gasteiger partial charge in [-0.05, 0) is 84.7 Å². The number of aromatic carboxylic acids is 1. The van der Waals surface area contributed by atoms with Crippen molar-refractivity contribution >= 4 is 27.3 Å². The fraction of sp³-hybridized carbons (Fsp3) is 0.194. The molecule has 8 nitrogen and oxygen atoms in total. The number of carboxylic acid groups (broad SMARTS) is 1. The molecule has 1 saturated carbocycles. The van der Waals surface area contributed by atoms with E-state index in [9.17, 15) is 27.1 Å². The molecule has 2 heterocycles. The summed E-state index contributed by atoms with van der Waals surface area (Å²) < 4.78 is 54.3. The van der Waals surface area contributed by atoms with E-state index in [2.05, 4.69) is 4.98 Å². The van der Waals surface area contributed by atoms with Crippen LogP contribution in [0.5, 0.6) is 0 Å². The number of sulfonamides is 1. The number of aryl methyl sites for hydroxylation is 1. The number of rotatable bonds is 9. The maximum absolute atomic E-state index is 14.9. The molecular weight excluding hydrogens is 594 g/mol. The number of nitrogens with zero attached hydrogens (tertiary/aromatic N) is 3. The Labute approximate surface area is 250 Å². The number of halogens is 2. The Balaban J connectivity index is 1.56. The third-order valence-electron chi connectivity index (χ3n) is 7.50. The highest BCUT2D eigenvalue weighted by Gasteiger charge is 2.30. The maximum atomic E-state index is 14.9. The van der Waals surface area contributed by atoms with E-state index in [4.69, 9.17) is 10.2 Å². The van der Waals surface area contributed by atoms with E-state index in [-0.39, 0.29) is 17.9 Å². The smallest absolute Gasteiger partial charge is 0.355 e. The van der Waals surface area contributed by atoms with Gasteiger partial charge in [0.15, 0.2) is 5.69 Å². The molecule has 1 fully saturated rings. The van der Waals surface area contributed by atoms with E-state index in [0.717, 1.165) is 64.3 Å². The van der Waals surface area contributed by atoms with Crippen LogP contribution in [0.3, 0.4) is 0 Å². The van der Waals surface area contributed by atoms with Crippen LogP contribution in [0.25, 0.3) is 27.5 Å². The van der Waals surface area contributed by atoms with Crippen molar-refractivity contribution in [1.82, 2.24) is 14.8 Å². The number of hydrogen-bond donors (Lipinski definition) is 2. The topological polar surface area (TPSA) is 128 Å². The molecule has 0 unspecified atom stereocenters. The largest absolute Gasteiger partial charge is 0.476 e. The maximum Gasteiger partial charge on any atom is 0.355 e. The summed E-state index contributed by atoms with van der Waals surface area (Å²) in [6.45, 7) is 1.93. The molecule has 0 aliphatic heterocycles. The monoisotopic (exact) mass is 620 g/mol. The molecule has 5 aromatic rings. The average Bonchev–Trinajstić information content (AvgIpc) is 3.51. The summed E-state index contributed by atoms with van der Waals surface area (Å²) >= 11 is 1.16. The van der Waals surface area contributed by atoms with Gasteiger partial charge >= 0.3 is 5.97 Å². The molecule has 0 spiro atoms. The summed E-state index contributed by atoms with van der Waals surface area (Å²) in [4.78, 5) is 15.3. The summed E-state index contributed by atoms with van der Waals surface area (Å²) in [6.07, 6.45) is 2.92. The van der Waals surface area contributed by atoms with Gasteiger partial charge in [0.1, 0.15) is 16.5 Å². The zero-order valence-corrected chi connectivity index (χ0v) is 24.6. The van der Waals surface area contributed by atoms with Gasteiger partial charge in [-0.15, -0.1) is 11.3 Å². The molecule has 2 aromatic heterocycles. The Hall–Kier alpha value is -4.26. The normalized spacial score (nSPS) is 13.4. The Morgan fingerprint density at radius 3 is 2.51 bits per heavy atom. The quantitative estimate of drug-likeness (QED) is 0.204. The fourth-order valence-corrected chi connectivity index (χ4v) is 6.49. The van der Waals surface area contributed by atoms with Crippen LogP contribution in [0.1, 0.15) is 45.7 Å². The summed E-state index contributed by atoms with van der Waals surface area (Å²) in [5, 5.41) is 21.5. The number of aromatic nitrogens is 3. The van der Waals surface area contributed by atoms with Gasteiger partial charge < -0.3 is 5.11 Å². The Kier molecular flexibility index (Phi) is 7.45. The highest BCUT2D eigenvalue weighted by Crippen LogP contribution is 2.39. The Morgan fingerprint density at radius 2 is 1.86 bits per heavy atom. The number of hydrogen-bond acceptors (Lipinski definition) is 6. The second-order valence-corrected chi connectivity index (χ2v) is 13.0. The van der Waals surface area contributed by atoms with Crippen molar-refractivity contribution in [2.24, 2.45) is 11.1 Å². The van der Waals surface area contributed by atoms with Crippen LogP contribution < -0.4 is 5.14 Å². The van der Waals surface area contributed by atoms with Crippen LogP contribution in [-0.2, 0) is 22.9 Å². The summed E-state index contributed by atoms with van der Waals surface area (Å²) in [5.41, 5.74) is 5.72. The molecule has 6 rings (SSSR count). The Bertz CT molecular complexity index is 2000. The van der Waals surface area contributed by atoms with Crippen LogP contribution in [0, 0.1) is 24.5 Å². The van der Waals surface area contributed by atoms with Crippen molar-refractivity contribution in [3.63, 3.8) is 0 Å². The van der Waals surface area contributed by atoms with Crippen molar-refractivity contribution in [3.8, 4) is 27.5 Å². The number of benzene rings is 3. The van der Waals surface area contributed by atoms with Gasteiger partial charge in [0, 0.05) is 22.9 Å². The predicted molar refractivity (Wildman–Crippen MR) is 159 cm³/mol. The van der Waals surface area contributed by atoms with E-state index in [1.165, 1.54) is 23.6 Å².